The van der Waals surface area contributed by atoms with Crippen molar-refractivity contribution in [3.05, 3.63) is 57.2 Å². The zero-order valence-electron chi connectivity index (χ0n) is 11.4. The van der Waals surface area contributed by atoms with Crippen LogP contribution in [0.4, 0.5) is 11.4 Å². The number of aryl methyl sites for hydroxylation is 1. The van der Waals surface area contributed by atoms with E-state index in [1.165, 1.54) is 14.8 Å². The van der Waals surface area contributed by atoms with E-state index in [4.69, 9.17) is 0 Å². The molecular weight excluding hydrogens is 347 g/mol. The molecule has 2 rings (SSSR count). The van der Waals surface area contributed by atoms with Crippen molar-refractivity contribution in [3.63, 3.8) is 0 Å². The molecule has 0 amide bonds. The largest absolute Gasteiger partial charge is 0.378 e. The monoisotopic (exact) mass is 364 g/mol. The summed E-state index contributed by atoms with van der Waals surface area (Å²) in [5.41, 5.74) is 4.54. The van der Waals surface area contributed by atoms with E-state index in [0.717, 1.165) is 11.3 Å². The first-order chi connectivity index (χ1) is 9.06. The van der Waals surface area contributed by atoms with Gasteiger partial charge in [0.1, 0.15) is 0 Å². The zero-order valence-corrected chi connectivity index (χ0v) is 13.5. The van der Waals surface area contributed by atoms with E-state index in [2.05, 4.69) is 81.9 Å². The Balaban J connectivity index is 2.18. The number of hydrogen-bond donors (Lipinski definition) is 0. The Bertz CT molecular complexity index is 586. The van der Waals surface area contributed by atoms with E-state index in [9.17, 15) is 0 Å². The molecule has 0 radical (unpaired) electrons. The number of benzene rings is 2. The number of rotatable bonds is 3. The van der Waals surface area contributed by atoms with Gasteiger partial charge in [0.15, 0.2) is 0 Å². The van der Waals surface area contributed by atoms with Crippen LogP contribution in [-0.2, 0) is 0 Å². The minimum Gasteiger partial charge on any atom is -0.378 e. The fraction of sp³-hybridized carbons (Fsp3) is 0.188. The summed E-state index contributed by atoms with van der Waals surface area (Å²) in [5.74, 6) is 0. The highest BCUT2D eigenvalue weighted by Gasteiger charge is 1.97. The van der Waals surface area contributed by atoms with Gasteiger partial charge in [0, 0.05) is 29.6 Å². The van der Waals surface area contributed by atoms with Gasteiger partial charge in [0.2, 0.25) is 0 Å². The summed E-state index contributed by atoms with van der Waals surface area (Å²) in [7, 11) is 4.08. The van der Waals surface area contributed by atoms with E-state index in [1.807, 2.05) is 20.3 Å². The van der Waals surface area contributed by atoms with Gasteiger partial charge in [-0.05, 0) is 71.0 Å². The fourth-order valence-corrected chi connectivity index (χ4v) is 2.41. The molecule has 98 valence electrons. The van der Waals surface area contributed by atoms with Gasteiger partial charge in [0.05, 0.1) is 5.69 Å². The average molecular weight is 364 g/mol. The summed E-state index contributed by atoms with van der Waals surface area (Å²) in [6.45, 7) is 2.09. The van der Waals surface area contributed by atoms with Gasteiger partial charge in [-0.1, -0.05) is 12.1 Å². The lowest BCUT2D eigenvalue weighted by molar-refractivity contribution is 1.13. The normalized spacial score (nSPS) is 10.9. The van der Waals surface area contributed by atoms with E-state index in [1.54, 1.807) is 0 Å². The molecule has 19 heavy (non-hydrogen) atoms. The first-order valence-corrected chi connectivity index (χ1v) is 7.22. The number of nitrogens with zero attached hydrogens (tertiary/aromatic N) is 2. The lowest BCUT2D eigenvalue weighted by Gasteiger charge is -2.11. The Kier molecular flexibility index (Phi) is 4.58. The van der Waals surface area contributed by atoms with E-state index in [-0.39, 0.29) is 0 Å². The summed E-state index contributed by atoms with van der Waals surface area (Å²) < 4.78 is 1.24. The first kappa shape index (κ1) is 14.1. The molecule has 0 aliphatic heterocycles. The molecule has 2 nitrogen and oxygen atoms in total. The molecule has 0 N–H and O–H groups in total. The SMILES string of the molecule is Cc1cc(I)ccc1N=Cc1ccc(N(C)C)cc1. The maximum atomic E-state index is 4.55. The topological polar surface area (TPSA) is 15.6 Å². The molecule has 0 fully saturated rings. The van der Waals surface area contributed by atoms with E-state index in [0.29, 0.717) is 0 Å². The van der Waals surface area contributed by atoms with Crippen molar-refractivity contribution in [2.45, 2.75) is 6.92 Å². The molecule has 0 unspecified atom stereocenters. The maximum Gasteiger partial charge on any atom is 0.0659 e. The number of halogens is 1. The minimum atomic E-state index is 1.03. The van der Waals surface area contributed by atoms with Gasteiger partial charge < -0.3 is 4.90 Å². The Morgan fingerprint density at radius 2 is 1.74 bits per heavy atom. The van der Waals surface area contributed by atoms with Crippen LogP contribution < -0.4 is 4.90 Å². The van der Waals surface area contributed by atoms with Crippen molar-refractivity contribution in [1.82, 2.24) is 0 Å². The van der Waals surface area contributed by atoms with Crippen LogP contribution in [0.25, 0.3) is 0 Å². The zero-order chi connectivity index (χ0) is 13.8. The molecule has 0 atom stereocenters. The third-order valence-corrected chi connectivity index (χ3v) is 3.59. The Hall–Kier alpha value is -1.36. The predicted molar refractivity (Wildman–Crippen MR) is 91.9 cm³/mol. The van der Waals surface area contributed by atoms with Crippen LogP contribution in [0.15, 0.2) is 47.5 Å². The van der Waals surface area contributed by atoms with Gasteiger partial charge in [0.25, 0.3) is 0 Å². The van der Waals surface area contributed by atoms with Gasteiger partial charge in [-0.15, -0.1) is 0 Å². The molecule has 3 heteroatoms. The molecule has 2 aromatic carbocycles. The lowest BCUT2D eigenvalue weighted by atomic mass is 10.2. The van der Waals surface area contributed by atoms with Crippen LogP contribution in [-0.4, -0.2) is 20.3 Å². The van der Waals surface area contributed by atoms with E-state index < -0.39 is 0 Å². The van der Waals surface area contributed by atoms with Crippen molar-refractivity contribution in [1.29, 1.82) is 0 Å². The second-order valence-electron chi connectivity index (χ2n) is 4.67. The van der Waals surface area contributed by atoms with Crippen LogP contribution in [0.1, 0.15) is 11.1 Å². The van der Waals surface area contributed by atoms with Gasteiger partial charge in [-0.25, -0.2) is 0 Å². The second-order valence-corrected chi connectivity index (χ2v) is 5.92. The molecule has 2 aromatic rings. The highest BCUT2D eigenvalue weighted by molar-refractivity contribution is 14.1. The predicted octanol–water partition coefficient (Wildman–Crippen LogP) is 4.42. The second kappa shape index (κ2) is 6.19. The van der Waals surface area contributed by atoms with Crippen LogP contribution in [0.3, 0.4) is 0 Å². The maximum absolute atomic E-state index is 4.55. The molecule has 0 aliphatic rings. The molecule has 0 aliphatic carbocycles. The molecule has 0 bridgehead atoms. The number of hydrogen-bond acceptors (Lipinski definition) is 2. The van der Waals surface area contributed by atoms with Crippen LogP contribution >= 0.6 is 22.6 Å². The van der Waals surface area contributed by atoms with Crippen LogP contribution in [0, 0.1) is 10.5 Å². The summed E-state index contributed by atoms with van der Waals surface area (Å²) in [6, 6.07) is 14.6. The summed E-state index contributed by atoms with van der Waals surface area (Å²) in [6.07, 6.45) is 1.91. The fourth-order valence-electron chi connectivity index (χ4n) is 1.77. The third-order valence-electron chi connectivity index (χ3n) is 2.92. The molecule has 0 aromatic heterocycles. The standard InChI is InChI=1S/C16H17IN2/c1-12-10-14(17)6-9-16(12)18-11-13-4-7-15(8-5-13)19(2)3/h4-11H,1-3H3. The molecular formula is C16H17IN2. The average Bonchev–Trinajstić information content (AvgIpc) is 2.38. The molecule has 0 saturated carbocycles. The Labute approximate surface area is 128 Å². The Morgan fingerprint density at radius 3 is 2.32 bits per heavy atom. The Morgan fingerprint density at radius 1 is 1.05 bits per heavy atom. The minimum absolute atomic E-state index is 1.03. The van der Waals surface area contributed by atoms with Crippen molar-refractivity contribution in [2.75, 3.05) is 19.0 Å². The smallest absolute Gasteiger partial charge is 0.0659 e. The highest BCUT2D eigenvalue weighted by Crippen LogP contribution is 2.20. The first-order valence-electron chi connectivity index (χ1n) is 6.14. The van der Waals surface area contributed by atoms with Crippen molar-refractivity contribution in [3.8, 4) is 0 Å². The third kappa shape index (κ3) is 3.80. The summed E-state index contributed by atoms with van der Waals surface area (Å²) in [4.78, 5) is 6.64. The van der Waals surface area contributed by atoms with E-state index >= 15 is 0 Å². The molecule has 0 saturated heterocycles. The summed E-state index contributed by atoms with van der Waals surface area (Å²) in [5, 5.41) is 0. The lowest BCUT2D eigenvalue weighted by Crippen LogP contribution is -2.08. The van der Waals surface area contributed by atoms with Gasteiger partial charge in [-0.3, -0.25) is 4.99 Å². The van der Waals surface area contributed by atoms with Gasteiger partial charge in [-0.2, -0.15) is 0 Å². The van der Waals surface area contributed by atoms with Crippen molar-refractivity contribution >= 4 is 40.2 Å². The van der Waals surface area contributed by atoms with Crippen molar-refractivity contribution < 1.29 is 0 Å². The molecule has 0 spiro atoms. The summed E-state index contributed by atoms with van der Waals surface area (Å²) >= 11 is 2.32. The van der Waals surface area contributed by atoms with Crippen LogP contribution in [0.2, 0.25) is 0 Å². The number of anilines is 1. The highest BCUT2D eigenvalue weighted by atomic mass is 127. The number of aliphatic imine (C=N–C) groups is 1. The van der Waals surface area contributed by atoms with Crippen molar-refractivity contribution in [2.24, 2.45) is 4.99 Å². The quantitative estimate of drug-likeness (QED) is 0.582. The van der Waals surface area contributed by atoms with Gasteiger partial charge >= 0.3 is 0 Å². The molecule has 0 heterocycles. The van der Waals surface area contributed by atoms with Crippen LogP contribution in [0.5, 0.6) is 0 Å².